The van der Waals surface area contributed by atoms with Crippen molar-refractivity contribution >= 4 is 27.9 Å². The van der Waals surface area contributed by atoms with Gasteiger partial charge in [-0.05, 0) is 27.6 Å². The number of hydrogen-bond acceptors (Lipinski definition) is 2. The summed E-state index contributed by atoms with van der Waals surface area (Å²) in [5.74, 6) is -2.18. The number of carbonyl (C=O) groups is 2. The predicted octanol–water partition coefficient (Wildman–Crippen LogP) is 1.77. The Labute approximate surface area is 88.3 Å². The van der Waals surface area contributed by atoms with E-state index < -0.39 is 11.9 Å². The molecule has 0 atom stereocenters. The summed E-state index contributed by atoms with van der Waals surface area (Å²) in [4.78, 5) is 21.2. The summed E-state index contributed by atoms with van der Waals surface area (Å²) in [5, 5.41) is 17.4. The summed E-state index contributed by atoms with van der Waals surface area (Å²) in [6.07, 6.45) is -0.291. The first-order valence-corrected chi connectivity index (χ1v) is 4.54. The van der Waals surface area contributed by atoms with Crippen LogP contribution in [0.3, 0.4) is 0 Å². The summed E-state index contributed by atoms with van der Waals surface area (Å²) in [6.45, 7) is 0. The Morgan fingerprint density at radius 1 is 1.29 bits per heavy atom. The summed E-state index contributed by atoms with van der Waals surface area (Å²) in [5.41, 5.74) is 0.300. The molecule has 0 unspecified atom stereocenters. The molecule has 0 fully saturated rings. The zero-order valence-corrected chi connectivity index (χ0v) is 8.61. The largest absolute Gasteiger partial charge is 0.481 e. The van der Waals surface area contributed by atoms with Crippen molar-refractivity contribution in [3.63, 3.8) is 0 Å². The first-order chi connectivity index (χ1) is 6.52. The van der Waals surface area contributed by atoms with Gasteiger partial charge in [0.15, 0.2) is 0 Å². The van der Waals surface area contributed by atoms with Crippen molar-refractivity contribution in [1.29, 1.82) is 0 Å². The summed E-state index contributed by atoms with van der Waals surface area (Å²) in [6, 6.07) is 4.66. The molecule has 4 nitrogen and oxygen atoms in total. The average Bonchev–Trinajstić information content (AvgIpc) is 2.01. The number of aromatic carboxylic acids is 1. The zero-order valence-electron chi connectivity index (χ0n) is 7.03. The minimum Gasteiger partial charge on any atom is -0.481 e. The second-order valence-electron chi connectivity index (χ2n) is 2.65. The van der Waals surface area contributed by atoms with Crippen molar-refractivity contribution < 1.29 is 19.8 Å². The summed E-state index contributed by atoms with van der Waals surface area (Å²) in [7, 11) is 0. The molecule has 74 valence electrons. The van der Waals surface area contributed by atoms with Crippen LogP contribution in [0.4, 0.5) is 0 Å². The first kappa shape index (κ1) is 10.7. The Balaban J connectivity index is 3.21. The Kier molecular flexibility index (Phi) is 3.24. The van der Waals surface area contributed by atoms with Crippen molar-refractivity contribution in [3.05, 3.63) is 33.8 Å². The molecule has 0 aromatic heterocycles. The van der Waals surface area contributed by atoms with E-state index >= 15 is 0 Å². The summed E-state index contributed by atoms with van der Waals surface area (Å²) < 4.78 is 0.392. The lowest BCUT2D eigenvalue weighted by molar-refractivity contribution is -0.136. The molecule has 0 bridgehead atoms. The van der Waals surface area contributed by atoms with E-state index in [2.05, 4.69) is 15.9 Å². The molecule has 5 heteroatoms. The molecule has 14 heavy (non-hydrogen) atoms. The van der Waals surface area contributed by atoms with Gasteiger partial charge >= 0.3 is 11.9 Å². The highest BCUT2D eigenvalue weighted by molar-refractivity contribution is 9.10. The van der Waals surface area contributed by atoms with Crippen molar-refractivity contribution in [2.45, 2.75) is 6.42 Å². The maximum atomic E-state index is 10.8. The van der Waals surface area contributed by atoms with Crippen LogP contribution < -0.4 is 0 Å². The molecule has 0 saturated carbocycles. The molecule has 0 amide bonds. The van der Waals surface area contributed by atoms with Gasteiger partial charge in [-0.15, -0.1) is 0 Å². The third-order valence-corrected chi connectivity index (χ3v) is 2.32. The van der Waals surface area contributed by atoms with E-state index in [4.69, 9.17) is 10.2 Å². The van der Waals surface area contributed by atoms with Crippen LogP contribution in [0.15, 0.2) is 22.7 Å². The third kappa shape index (κ3) is 2.32. The molecule has 0 heterocycles. The molecule has 0 aliphatic rings. The lowest BCUT2D eigenvalue weighted by Gasteiger charge is -2.04. The number of benzene rings is 1. The van der Waals surface area contributed by atoms with E-state index in [1.807, 2.05) is 0 Å². The maximum absolute atomic E-state index is 10.8. The highest BCUT2D eigenvalue weighted by atomic mass is 79.9. The van der Waals surface area contributed by atoms with Gasteiger partial charge in [-0.3, -0.25) is 4.79 Å². The number of carboxylic acid groups (broad SMARTS) is 2. The van der Waals surface area contributed by atoms with Gasteiger partial charge in [-0.1, -0.05) is 12.1 Å². The molecule has 0 aliphatic heterocycles. The van der Waals surface area contributed by atoms with Gasteiger partial charge in [0.25, 0.3) is 0 Å². The second kappa shape index (κ2) is 4.23. The standard InChI is InChI=1S/C9H7BrO4/c10-6-3-1-2-5(4-7(11)12)8(6)9(13)14/h1-3H,4H2,(H,11,12)(H,13,14). The SMILES string of the molecule is O=C(O)Cc1cccc(Br)c1C(=O)O. The highest BCUT2D eigenvalue weighted by Crippen LogP contribution is 2.21. The first-order valence-electron chi connectivity index (χ1n) is 3.75. The normalized spacial score (nSPS) is 9.79. The lowest BCUT2D eigenvalue weighted by atomic mass is 10.1. The van der Waals surface area contributed by atoms with Gasteiger partial charge in [0.2, 0.25) is 0 Å². The molecule has 0 saturated heterocycles. The average molecular weight is 259 g/mol. The van der Waals surface area contributed by atoms with Gasteiger partial charge in [0.1, 0.15) is 0 Å². The van der Waals surface area contributed by atoms with E-state index in [1.165, 1.54) is 6.07 Å². The Morgan fingerprint density at radius 3 is 2.43 bits per heavy atom. The summed E-state index contributed by atoms with van der Waals surface area (Å²) >= 11 is 3.06. The number of hydrogen-bond donors (Lipinski definition) is 2. The molecule has 0 radical (unpaired) electrons. The monoisotopic (exact) mass is 258 g/mol. The molecule has 1 rings (SSSR count). The van der Waals surface area contributed by atoms with E-state index in [9.17, 15) is 9.59 Å². The molecule has 0 aliphatic carbocycles. The van der Waals surface area contributed by atoms with Crippen LogP contribution in [0.2, 0.25) is 0 Å². The van der Waals surface area contributed by atoms with E-state index in [-0.39, 0.29) is 12.0 Å². The Hall–Kier alpha value is -1.36. The highest BCUT2D eigenvalue weighted by Gasteiger charge is 2.15. The fraction of sp³-hybridized carbons (Fsp3) is 0.111. The quantitative estimate of drug-likeness (QED) is 0.867. The van der Waals surface area contributed by atoms with E-state index in [1.54, 1.807) is 12.1 Å². The molecule has 0 spiro atoms. The van der Waals surface area contributed by atoms with E-state index in [0.29, 0.717) is 10.0 Å². The van der Waals surface area contributed by atoms with Crippen LogP contribution in [0, 0.1) is 0 Å². The van der Waals surface area contributed by atoms with Gasteiger partial charge in [0, 0.05) is 4.47 Å². The maximum Gasteiger partial charge on any atom is 0.337 e. The van der Waals surface area contributed by atoms with Crippen molar-refractivity contribution in [2.24, 2.45) is 0 Å². The smallest absolute Gasteiger partial charge is 0.337 e. The number of aliphatic carboxylic acids is 1. The minimum absolute atomic E-state index is 0.00917. The topological polar surface area (TPSA) is 74.6 Å². The van der Waals surface area contributed by atoms with Crippen LogP contribution >= 0.6 is 15.9 Å². The molecule has 1 aromatic rings. The second-order valence-corrected chi connectivity index (χ2v) is 3.50. The van der Waals surface area contributed by atoms with E-state index in [0.717, 1.165) is 0 Å². The number of halogens is 1. The fourth-order valence-corrected chi connectivity index (χ4v) is 1.70. The van der Waals surface area contributed by atoms with Crippen molar-refractivity contribution in [1.82, 2.24) is 0 Å². The van der Waals surface area contributed by atoms with Crippen LogP contribution in [-0.2, 0) is 11.2 Å². The van der Waals surface area contributed by atoms with Crippen LogP contribution in [0.5, 0.6) is 0 Å². The predicted molar refractivity (Wildman–Crippen MR) is 52.4 cm³/mol. The Bertz CT molecular complexity index is 386. The minimum atomic E-state index is -1.13. The Morgan fingerprint density at radius 2 is 1.93 bits per heavy atom. The van der Waals surface area contributed by atoms with Gasteiger partial charge in [-0.25, -0.2) is 4.79 Å². The zero-order chi connectivity index (χ0) is 10.7. The van der Waals surface area contributed by atoms with Crippen molar-refractivity contribution in [3.8, 4) is 0 Å². The van der Waals surface area contributed by atoms with Crippen LogP contribution in [0.25, 0.3) is 0 Å². The fourth-order valence-electron chi connectivity index (χ4n) is 1.12. The third-order valence-electron chi connectivity index (χ3n) is 1.66. The van der Waals surface area contributed by atoms with Crippen molar-refractivity contribution in [2.75, 3.05) is 0 Å². The van der Waals surface area contributed by atoms with Gasteiger partial charge in [0.05, 0.1) is 12.0 Å². The molecular weight excluding hydrogens is 252 g/mol. The van der Waals surface area contributed by atoms with Gasteiger partial charge in [-0.2, -0.15) is 0 Å². The molecule has 2 N–H and O–H groups in total. The number of carboxylic acids is 2. The van der Waals surface area contributed by atoms with Gasteiger partial charge < -0.3 is 10.2 Å². The van der Waals surface area contributed by atoms with Crippen LogP contribution in [-0.4, -0.2) is 22.2 Å². The lowest BCUT2D eigenvalue weighted by Crippen LogP contribution is -2.08. The molecular formula is C9H7BrO4. The molecule has 1 aromatic carbocycles. The van der Waals surface area contributed by atoms with Crippen LogP contribution in [0.1, 0.15) is 15.9 Å². The number of rotatable bonds is 3.